The fourth-order valence-electron chi connectivity index (χ4n) is 3.06. The summed E-state index contributed by atoms with van der Waals surface area (Å²) in [5, 5.41) is 3.71. The normalized spacial score (nSPS) is 14.3. The van der Waals surface area contributed by atoms with Crippen LogP contribution < -0.4 is 10.1 Å². The van der Waals surface area contributed by atoms with Crippen molar-refractivity contribution in [2.45, 2.75) is 20.8 Å². The summed E-state index contributed by atoms with van der Waals surface area (Å²) in [5.74, 6) is 0.212. The Morgan fingerprint density at radius 1 is 1.07 bits per heavy atom. The fraction of sp³-hybridized carbons (Fsp3) is 0.273. The number of carbonyl (C=O) groups is 2. The highest BCUT2D eigenvalue weighted by atomic mass is 35.5. The Morgan fingerprint density at radius 3 is 2.32 bits per heavy atom. The molecule has 0 spiro atoms. The second-order valence-electron chi connectivity index (χ2n) is 7.18. The van der Waals surface area contributed by atoms with Crippen molar-refractivity contribution in [3.05, 3.63) is 64.3 Å². The maximum absolute atomic E-state index is 13.1. The maximum Gasteiger partial charge on any atom is 0.278 e. The first-order chi connectivity index (χ1) is 13.3. The second kappa shape index (κ2) is 8.07. The van der Waals surface area contributed by atoms with Crippen molar-refractivity contribution in [1.82, 2.24) is 4.90 Å². The minimum Gasteiger partial charge on any atom is -0.497 e. The first-order valence-electron chi connectivity index (χ1n) is 9.10. The standard InChI is InChI=1S/C22H23ClN2O3/c1-13(2)12-25-21(26)19(15-6-9-17(28-4)10-7-15)20(22(25)27)24-16-8-5-14(3)18(23)11-16/h5-11,13,24H,12H2,1-4H3. The third kappa shape index (κ3) is 3.90. The maximum atomic E-state index is 13.1. The largest absolute Gasteiger partial charge is 0.497 e. The molecule has 0 saturated carbocycles. The lowest BCUT2D eigenvalue weighted by atomic mass is 10.0. The third-order valence-electron chi connectivity index (χ3n) is 4.54. The molecular weight excluding hydrogens is 376 g/mol. The number of nitrogens with one attached hydrogen (secondary N) is 1. The van der Waals surface area contributed by atoms with Gasteiger partial charge in [-0.1, -0.05) is 43.6 Å². The van der Waals surface area contributed by atoms with E-state index in [0.717, 1.165) is 5.56 Å². The monoisotopic (exact) mass is 398 g/mol. The number of aryl methyl sites for hydroxylation is 1. The van der Waals surface area contributed by atoms with E-state index < -0.39 is 0 Å². The van der Waals surface area contributed by atoms with E-state index in [1.54, 1.807) is 37.4 Å². The van der Waals surface area contributed by atoms with E-state index in [4.69, 9.17) is 16.3 Å². The number of ether oxygens (including phenoxy) is 1. The van der Waals surface area contributed by atoms with Crippen LogP contribution in [0.2, 0.25) is 5.02 Å². The highest BCUT2D eigenvalue weighted by Crippen LogP contribution is 2.32. The van der Waals surface area contributed by atoms with Crippen LogP contribution in [0.1, 0.15) is 25.0 Å². The number of nitrogens with zero attached hydrogens (tertiary/aromatic N) is 1. The van der Waals surface area contributed by atoms with Gasteiger partial charge >= 0.3 is 0 Å². The molecule has 6 heteroatoms. The second-order valence-corrected chi connectivity index (χ2v) is 7.59. The van der Waals surface area contributed by atoms with E-state index in [1.165, 1.54) is 4.90 Å². The van der Waals surface area contributed by atoms with E-state index in [9.17, 15) is 9.59 Å². The molecule has 1 heterocycles. The molecule has 1 aliphatic rings. The van der Waals surface area contributed by atoms with Gasteiger partial charge < -0.3 is 10.1 Å². The Balaban J connectivity index is 2.06. The molecule has 28 heavy (non-hydrogen) atoms. The smallest absolute Gasteiger partial charge is 0.278 e. The molecule has 0 unspecified atom stereocenters. The number of anilines is 1. The summed E-state index contributed by atoms with van der Waals surface area (Å²) >= 11 is 6.22. The van der Waals surface area contributed by atoms with Crippen LogP contribution in [-0.4, -0.2) is 30.4 Å². The van der Waals surface area contributed by atoms with Gasteiger partial charge in [0, 0.05) is 17.3 Å². The zero-order valence-electron chi connectivity index (χ0n) is 16.4. The topological polar surface area (TPSA) is 58.6 Å². The van der Waals surface area contributed by atoms with Crippen LogP contribution >= 0.6 is 11.6 Å². The van der Waals surface area contributed by atoms with Crippen molar-refractivity contribution in [2.24, 2.45) is 5.92 Å². The van der Waals surface area contributed by atoms with Crippen LogP contribution in [0.5, 0.6) is 5.75 Å². The Labute approximate surface area is 169 Å². The van der Waals surface area contributed by atoms with E-state index >= 15 is 0 Å². The first kappa shape index (κ1) is 20.0. The van der Waals surface area contributed by atoms with Crippen LogP contribution in [0.25, 0.3) is 5.57 Å². The predicted molar refractivity (Wildman–Crippen MR) is 111 cm³/mol. The van der Waals surface area contributed by atoms with E-state index in [1.807, 2.05) is 32.9 Å². The molecule has 0 atom stereocenters. The van der Waals surface area contributed by atoms with Gasteiger partial charge in [0.1, 0.15) is 11.4 Å². The molecule has 0 aliphatic carbocycles. The average molecular weight is 399 g/mol. The van der Waals surface area contributed by atoms with Gasteiger partial charge in [-0.25, -0.2) is 0 Å². The van der Waals surface area contributed by atoms with Crippen molar-refractivity contribution >= 4 is 34.7 Å². The van der Waals surface area contributed by atoms with Gasteiger partial charge in [0.15, 0.2) is 0 Å². The molecule has 0 fully saturated rings. The lowest BCUT2D eigenvalue weighted by Crippen LogP contribution is -2.35. The SMILES string of the molecule is COc1ccc(C2=C(Nc3ccc(C)c(Cl)c3)C(=O)N(CC(C)C)C2=O)cc1. The molecule has 0 bridgehead atoms. The predicted octanol–water partition coefficient (Wildman–Crippen LogP) is 4.51. The molecule has 1 aliphatic heterocycles. The van der Waals surface area contributed by atoms with Crippen LogP contribution in [0.4, 0.5) is 5.69 Å². The molecule has 146 valence electrons. The van der Waals surface area contributed by atoms with Crippen LogP contribution in [0.3, 0.4) is 0 Å². The average Bonchev–Trinajstić information content (AvgIpc) is 2.89. The summed E-state index contributed by atoms with van der Waals surface area (Å²) in [5.41, 5.74) is 2.86. The zero-order chi connectivity index (χ0) is 20.4. The number of rotatable bonds is 6. The molecule has 5 nitrogen and oxygen atoms in total. The Kier molecular flexibility index (Phi) is 5.75. The lowest BCUT2D eigenvalue weighted by molar-refractivity contribution is -0.137. The van der Waals surface area contributed by atoms with Crippen molar-refractivity contribution < 1.29 is 14.3 Å². The van der Waals surface area contributed by atoms with E-state index in [0.29, 0.717) is 34.1 Å². The number of amides is 2. The van der Waals surface area contributed by atoms with Gasteiger partial charge in [-0.3, -0.25) is 14.5 Å². The van der Waals surface area contributed by atoms with Crippen LogP contribution in [-0.2, 0) is 9.59 Å². The van der Waals surface area contributed by atoms with Gasteiger partial charge in [0.25, 0.3) is 11.8 Å². The number of carbonyl (C=O) groups excluding carboxylic acids is 2. The summed E-state index contributed by atoms with van der Waals surface area (Å²) in [6, 6.07) is 12.5. The Morgan fingerprint density at radius 2 is 1.75 bits per heavy atom. The van der Waals surface area contributed by atoms with Gasteiger partial charge in [-0.15, -0.1) is 0 Å². The molecule has 2 aromatic carbocycles. The van der Waals surface area contributed by atoms with Crippen molar-refractivity contribution in [3.63, 3.8) is 0 Å². The molecule has 2 aromatic rings. The summed E-state index contributed by atoms with van der Waals surface area (Å²) in [7, 11) is 1.58. The molecule has 0 aromatic heterocycles. The van der Waals surface area contributed by atoms with Crippen molar-refractivity contribution in [3.8, 4) is 5.75 Å². The Bertz CT molecular complexity index is 949. The van der Waals surface area contributed by atoms with Crippen molar-refractivity contribution in [2.75, 3.05) is 19.0 Å². The van der Waals surface area contributed by atoms with E-state index in [-0.39, 0.29) is 23.4 Å². The molecule has 0 radical (unpaired) electrons. The Hall–Kier alpha value is -2.79. The van der Waals surface area contributed by atoms with Crippen LogP contribution in [0.15, 0.2) is 48.2 Å². The van der Waals surface area contributed by atoms with E-state index in [2.05, 4.69) is 5.32 Å². The number of halogens is 1. The third-order valence-corrected chi connectivity index (χ3v) is 4.94. The summed E-state index contributed by atoms with van der Waals surface area (Å²) in [6.07, 6.45) is 0. The van der Waals surface area contributed by atoms with Crippen molar-refractivity contribution in [1.29, 1.82) is 0 Å². The number of hydrogen-bond donors (Lipinski definition) is 1. The minimum atomic E-state index is -0.332. The molecular formula is C22H23ClN2O3. The zero-order valence-corrected chi connectivity index (χ0v) is 17.1. The molecule has 1 N–H and O–H groups in total. The molecule has 2 amide bonds. The first-order valence-corrected chi connectivity index (χ1v) is 9.47. The highest BCUT2D eigenvalue weighted by Gasteiger charge is 2.39. The summed E-state index contributed by atoms with van der Waals surface area (Å²) in [6.45, 7) is 6.21. The summed E-state index contributed by atoms with van der Waals surface area (Å²) in [4.78, 5) is 27.4. The van der Waals surface area contributed by atoms with Crippen LogP contribution in [0, 0.1) is 12.8 Å². The lowest BCUT2D eigenvalue weighted by Gasteiger charge is -2.17. The van der Waals surface area contributed by atoms with Gasteiger partial charge in [0.2, 0.25) is 0 Å². The number of imide groups is 1. The molecule has 0 saturated heterocycles. The van der Waals surface area contributed by atoms with Gasteiger partial charge in [-0.2, -0.15) is 0 Å². The fourth-order valence-corrected chi connectivity index (χ4v) is 3.24. The quantitative estimate of drug-likeness (QED) is 0.727. The molecule has 3 rings (SSSR count). The highest BCUT2D eigenvalue weighted by molar-refractivity contribution is 6.36. The minimum absolute atomic E-state index is 0.165. The van der Waals surface area contributed by atoms with Gasteiger partial charge in [0.05, 0.1) is 12.7 Å². The summed E-state index contributed by atoms with van der Waals surface area (Å²) < 4.78 is 5.19. The van der Waals surface area contributed by atoms with Gasteiger partial charge in [-0.05, 0) is 48.2 Å². The number of benzene rings is 2. The number of hydrogen-bond acceptors (Lipinski definition) is 4. The number of methoxy groups -OCH3 is 1.